The van der Waals surface area contributed by atoms with E-state index >= 15 is 0 Å². The standard InChI is InChI=1S/C19H26N4O2/c1-3-13(2)20-19(25)17-22-16(15-11-7-8-12-23(15)17)18(24)21-14-9-5-4-6-10-14/h7-8,11-14H,3-6,9-10H2,1-2H3,(H,20,25)(H,21,24). The lowest BCUT2D eigenvalue weighted by molar-refractivity contribution is 0.0924. The fraction of sp³-hybridized carbons (Fsp3) is 0.526. The monoisotopic (exact) mass is 342 g/mol. The molecule has 0 bridgehead atoms. The van der Waals surface area contributed by atoms with Crippen molar-refractivity contribution in [3.63, 3.8) is 0 Å². The molecule has 134 valence electrons. The van der Waals surface area contributed by atoms with Gasteiger partial charge in [-0.1, -0.05) is 32.3 Å². The fourth-order valence-electron chi connectivity index (χ4n) is 3.26. The minimum atomic E-state index is -0.257. The molecule has 6 nitrogen and oxygen atoms in total. The number of nitrogens with zero attached hydrogens (tertiary/aromatic N) is 2. The number of nitrogens with one attached hydrogen (secondary N) is 2. The Morgan fingerprint density at radius 1 is 1.24 bits per heavy atom. The van der Waals surface area contributed by atoms with Gasteiger partial charge in [-0.2, -0.15) is 0 Å². The molecule has 1 unspecified atom stereocenters. The van der Waals surface area contributed by atoms with Crippen molar-refractivity contribution in [2.45, 2.75) is 64.5 Å². The van der Waals surface area contributed by atoms with Crippen LogP contribution in [0.2, 0.25) is 0 Å². The molecule has 0 aliphatic heterocycles. The first-order valence-corrected chi connectivity index (χ1v) is 9.19. The summed E-state index contributed by atoms with van der Waals surface area (Å²) in [6, 6.07) is 5.77. The summed E-state index contributed by atoms with van der Waals surface area (Å²) in [4.78, 5) is 29.6. The Labute approximate surface area is 148 Å². The smallest absolute Gasteiger partial charge is 0.287 e. The Morgan fingerprint density at radius 2 is 2.00 bits per heavy atom. The highest BCUT2D eigenvalue weighted by molar-refractivity contribution is 6.02. The summed E-state index contributed by atoms with van der Waals surface area (Å²) < 4.78 is 1.69. The average Bonchev–Trinajstić information content (AvgIpc) is 3.02. The Kier molecular flexibility index (Phi) is 5.36. The first-order chi connectivity index (χ1) is 12.1. The Bertz CT molecular complexity index is 762. The van der Waals surface area contributed by atoms with Gasteiger partial charge < -0.3 is 10.6 Å². The van der Waals surface area contributed by atoms with Gasteiger partial charge in [-0.3, -0.25) is 14.0 Å². The van der Waals surface area contributed by atoms with Crippen LogP contribution in [0.15, 0.2) is 24.4 Å². The van der Waals surface area contributed by atoms with Crippen molar-refractivity contribution in [3.8, 4) is 0 Å². The molecule has 0 spiro atoms. The van der Waals surface area contributed by atoms with E-state index in [1.165, 1.54) is 6.42 Å². The maximum atomic E-state index is 12.7. The molecule has 0 radical (unpaired) electrons. The van der Waals surface area contributed by atoms with Crippen LogP contribution in [0.5, 0.6) is 0 Å². The zero-order valence-electron chi connectivity index (χ0n) is 14.9. The molecule has 25 heavy (non-hydrogen) atoms. The first kappa shape index (κ1) is 17.5. The van der Waals surface area contributed by atoms with Crippen molar-refractivity contribution in [1.82, 2.24) is 20.0 Å². The number of hydrogen-bond acceptors (Lipinski definition) is 3. The maximum Gasteiger partial charge on any atom is 0.287 e. The molecule has 6 heteroatoms. The van der Waals surface area contributed by atoms with Gasteiger partial charge in [0.25, 0.3) is 11.8 Å². The van der Waals surface area contributed by atoms with Gasteiger partial charge in [0.15, 0.2) is 5.69 Å². The maximum absolute atomic E-state index is 12.7. The van der Waals surface area contributed by atoms with Crippen LogP contribution in [0.4, 0.5) is 0 Å². The van der Waals surface area contributed by atoms with Gasteiger partial charge in [-0.15, -0.1) is 0 Å². The van der Waals surface area contributed by atoms with Crippen LogP contribution in [0.3, 0.4) is 0 Å². The number of carbonyl (C=O) groups is 2. The number of aromatic nitrogens is 2. The summed E-state index contributed by atoms with van der Waals surface area (Å²) in [5, 5.41) is 6.00. The highest BCUT2D eigenvalue weighted by atomic mass is 16.2. The number of fused-ring (bicyclic) bond motifs is 1. The van der Waals surface area contributed by atoms with Crippen LogP contribution in [-0.4, -0.2) is 33.3 Å². The van der Waals surface area contributed by atoms with E-state index in [4.69, 9.17) is 0 Å². The summed E-state index contributed by atoms with van der Waals surface area (Å²) >= 11 is 0. The van der Waals surface area contributed by atoms with Crippen LogP contribution in [0, 0.1) is 0 Å². The number of imidazole rings is 1. The minimum Gasteiger partial charge on any atom is -0.348 e. The predicted octanol–water partition coefficient (Wildman–Crippen LogP) is 2.93. The van der Waals surface area contributed by atoms with Crippen LogP contribution in [0.25, 0.3) is 5.52 Å². The Morgan fingerprint density at radius 3 is 2.72 bits per heavy atom. The number of pyridine rings is 1. The molecule has 1 saturated carbocycles. The van der Waals surface area contributed by atoms with Gasteiger partial charge in [0.2, 0.25) is 5.82 Å². The van der Waals surface area contributed by atoms with Crippen LogP contribution < -0.4 is 10.6 Å². The molecule has 1 atom stereocenters. The summed E-state index contributed by atoms with van der Waals surface area (Å²) in [6.45, 7) is 3.96. The molecule has 1 aliphatic rings. The van der Waals surface area contributed by atoms with E-state index in [0.29, 0.717) is 11.2 Å². The molecular weight excluding hydrogens is 316 g/mol. The van der Waals surface area contributed by atoms with Gasteiger partial charge in [-0.05, 0) is 38.3 Å². The zero-order chi connectivity index (χ0) is 17.8. The highest BCUT2D eigenvalue weighted by Crippen LogP contribution is 2.19. The molecule has 1 aliphatic carbocycles. The van der Waals surface area contributed by atoms with Crippen molar-refractivity contribution in [2.75, 3.05) is 0 Å². The number of hydrogen-bond donors (Lipinski definition) is 2. The SMILES string of the molecule is CCC(C)NC(=O)c1nc(C(=O)NC2CCCCC2)c2ccccn12. The second kappa shape index (κ2) is 7.68. The lowest BCUT2D eigenvalue weighted by Gasteiger charge is -2.22. The molecule has 2 aromatic heterocycles. The molecule has 2 N–H and O–H groups in total. The molecule has 2 aromatic rings. The van der Waals surface area contributed by atoms with Gasteiger partial charge in [0, 0.05) is 18.3 Å². The van der Waals surface area contributed by atoms with E-state index in [9.17, 15) is 9.59 Å². The highest BCUT2D eigenvalue weighted by Gasteiger charge is 2.24. The van der Waals surface area contributed by atoms with Gasteiger partial charge >= 0.3 is 0 Å². The van der Waals surface area contributed by atoms with Crippen molar-refractivity contribution >= 4 is 17.3 Å². The summed E-state index contributed by atoms with van der Waals surface area (Å²) in [7, 11) is 0. The molecule has 1 fully saturated rings. The van der Waals surface area contributed by atoms with Crippen molar-refractivity contribution in [3.05, 3.63) is 35.9 Å². The molecule has 2 heterocycles. The summed E-state index contributed by atoms with van der Waals surface area (Å²) in [5.41, 5.74) is 0.977. The average molecular weight is 342 g/mol. The molecule has 0 saturated heterocycles. The topological polar surface area (TPSA) is 75.5 Å². The van der Waals surface area contributed by atoms with Gasteiger partial charge in [0.05, 0.1) is 5.52 Å². The van der Waals surface area contributed by atoms with E-state index in [0.717, 1.165) is 32.1 Å². The third kappa shape index (κ3) is 3.83. The molecular formula is C19H26N4O2. The molecule has 0 aromatic carbocycles. The quantitative estimate of drug-likeness (QED) is 0.877. The van der Waals surface area contributed by atoms with Crippen LogP contribution in [-0.2, 0) is 0 Å². The van der Waals surface area contributed by atoms with E-state index in [-0.39, 0.29) is 29.7 Å². The molecule has 3 rings (SSSR count). The van der Waals surface area contributed by atoms with Gasteiger partial charge in [-0.25, -0.2) is 4.98 Å². The fourth-order valence-corrected chi connectivity index (χ4v) is 3.26. The second-order valence-electron chi connectivity index (χ2n) is 6.83. The van der Waals surface area contributed by atoms with Crippen LogP contribution in [0.1, 0.15) is 73.5 Å². The largest absolute Gasteiger partial charge is 0.348 e. The number of carbonyl (C=O) groups excluding carboxylic acids is 2. The normalized spacial score (nSPS) is 16.6. The number of rotatable bonds is 5. The molecule has 2 amide bonds. The van der Waals surface area contributed by atoms with E-state index in [1.54, 1.807) is 10.6 Å². The van der Waals surface area contributed by atoms with Crippen molar-refractivity contribution < 1.29 is 9.59 Å². The lowest BCUT2D eigenvalue weighted by Crippen LogP contribution is -2.36. The van der Waals surface area contributed by atoms with E-state index in [2.05, 4.69) is 15.6 Å². The summed E-state index contributed by atoms with van der Waals surface area (Å²) in [5.74, 6) is -0.199. The van der Waals surface area contributed by atoms with E-state index < -0.39 is 0 Å². The Hall–Kier alpha value is -2.37. The third-order valence-electron chi connectivity index (χ3n) is 4.90. The van der Waals surface area contributed by atoms with Crippen molar-refractivity contribution in [1.29, 1.82) is 0 Å². The van der Waals surface area contributed by atoms with E-state index in [1.807, 2.05) is 32.0 Å². The predicted molar refractivity (Wildman–Crippen MR) is 96.8 cm³/mol. The second-order valence-corrected chi connectivity index (χ2v) is 6.83. The first-order valence-electron chi connectivity index (χ1n) is 9.19. The Balaban J connectivity index is 1.87. The summed E-state index contributed by atoms with van der Waals surface area (Å²) in [6.07, 6.45) is 8.17. The minimum absolute atomic E-state index is 0.0584. The van der Waals surface area contributed by atoms with Crippen LogP contribution >= 0.6 is 0 Å². The van der Waals surface area contributed by atoms with Crippen molar-refractivity contribution in [2.24, 2.45) is 0 Å². The third-order valence-corrected chi connectivity index (χ3v) is 4.90. The lowest BCUT2D eigenvalue weighted by atomic mass is 9.95. The zero-order valence-corrected chi connectivity index (χ0v) is 14.9. The van der Waals surface area contributed by atoms with Gasteiger partial charge in [0.1, 0.15) is 0 Å². The number of amides is 2.